The molecule has 0 radical (unpaired) electrons. The van der Waals surface area contributed by atoms with Crippen molar-refractivity contribution in [1.29, 1.82) is 0 Å². The van der Waals surface area contributed by atoms with E-state index in [0.717, 1.165) is 81.9 Å². The van der Waals surface area contributed by atoms with E-state index in [9.17, 15) is 24.3 Å². The summed E-state index contributed by atoms with van der Waals surface area (Å²) in [4.78, 5) is 51.7. The molecule has 0 bridgehead atoms. The van der Waals surface area contributed by atoms with E-state index in [4.69, 9.17) is 18.5 Å². The zero-order valence-corrected chi connectivity index (χ0v) is 45.5. The minimum Gasteiger partial charge on any atom is -0.870 e. The fourth-order valence-corrected chi connectivity index (χ4v) is 9.24. The number of nitrogens with zero attached hydrogens (tertiary/aromatic N) is 4. The van der Waals surface area contributed by atoms with Crippen LogP contribution in [-0.2, 0) is 19.1 Å². The van der Waals surface area contributed by atoms with Crippen molar-refractivity contribution in [3.8, 4) is 44.9 Å². The molecule has 0 saturated carbocycles. The molecule has 2 aliphatic rings. The third kappa shape index (κ3) is 13.9. The van der Waals surface area contributed by atoms with E-state index >= 15 is 0 Å². The smallest absolute Gasteiger partial charge is 0.870 e. The van der Waals surface area contributed by atoms with Gasteiger partial charge in [-0.05, 0) is 98.3 Å². The minimum atomic E-state index is -0.733. The third-order valence-electron chi connectivity index (χ3n) is 13.6. The second kappa shape index (κ2) is 26.2. The van der Waals surface area contributed by atoms with Gasteiger partial charge in [-0.25, -0.2) is 9.59 Å². The Morgan fingerprint density at radius 2 is 0.935 bits per heavy atom. The molecule has 2 aromatic heterocycles. The molecule has 10 rings (SSSR count). The van der Waals surface area contributed by atoms with Gasteiger partial charge in [0.15, 0.2) is 11.5 Å². The van der Waals surface area contributed by atoms with Crippen molar-refractivity contribution in [2.45, 2.75) is 52.7 Å². The summed E-state index contributed by atoms with van der Waals surface area (Å²) < 4.78 is 22.2. The number of anilines is 4. The number of aliphatic carboxylic acids is 1. The van der Waals surface area contributed by atoms with E-state index in [-0.39, 0.29) is 46.9 Å². The number of carbonyl (C=O) groups is 3. The third-order valence-corrected chi connectivity index (χ3v) is 13.6. The summed E-state index contributed by atoms with van der Waals surface area (Å²) in [7, 11) is 0. The van der Waals surface area contributed by atoms with Crippen LogP contribution >= 0.6 is 0 Å². The number of aryl methyl sites for hydroxylation is 2. The van der Waals surface area contributed by atoms with Crippen molar-refractivity contribution in [2.24, 2.45) is 11.8 Å². The molecule has 16 nitrogen and oxygen atoms in total. The van der Waals surface area contributed by atoms with Crippen molar-refractivity contribution < 1.29 is 77.8 Å². The largest absolute Gasteiger partial charge is 1.00 e. The quantitative estimate of drug-likeness (QED) is 0.0682. The van der Waals surface area contributed by atoms with Crippen LogP contribution in [0, 0.1) is 25.7 Å². The maximum Gasteiger partial charge on any atom is 1.00 e. The first-order chi connectivity index (χ1) is 36.4. The fraction of sp³-hybridized carbons (Fsp3) is 0.233. The van der Waals surface area contributed by atoms with Crippen LogP contribution in [-0.4, -0.2) is 71.5 Å². The molecule has 2 amide bonds. The SMILES string of the molecule is Cc1noc(-c2ccc(-c3ccc(N4CC[C@H](C(=O)O)C4)cc3)cc2)c1NC(=O)O[C@H](C)c1ccccc1.Cc1noc(-c2ccc(-c3ccc(N4CC[C@H]([C-]=O)C4)cc3)cc2)c1NC(=O)O[C@H](C)c1ccccc1.[Na+].[OH-]. The number of rotatable bonds is 14. The summed E-state index contributed by atoms with van der Waals surface area (Å²) in [5.41, 5.74) is 11.8. The van der Waals surface area contributed by atoms with E-state index in [1.54, 1.807) is 13.8 Å². The number of benzene rings is 6. The molecular formula is C60H58N6NaO10-. The van der Waals surface area contributed by atoms with Gasteiger partial charge in [0.05, 0.1) is 5.92 Å². The monoisotopic (exact) mass is 1050 g/mol. The van der Waals surface area contributed by atoms with Crippen LogP contribution in [0.4, 0.5) is 32.3 Å². The van der Waals surface area contributed by atoms with E-state index in [1.165, 1.54) is 0 Å². The number of ether oxygens (including phenoxy) is 2. The zero-order chi connectivity index (χ0) is 52.4. The van der Waals surface area contributed by atoms with Crippen LogP contribution in [0.1, 0.15) is 61.4 Å². The predicted octanol–water partition coefficient (Wildman–Crippen LogP) is 9.93. The summed E-state index contributed by atoms with van der Waals surface area (Å²) in [6, 6.07) is 51.2. The summed E-state index contributed by atoms with van der Waals surface area (Å²) >= 11 is 0. The van der Waals surface area contributed by atoms with E-state index in [2.05, 4.69) is 61.3 Å². The second-order valence-corrected chi connectivity index (χ2v) is 18.7. The molecule has 0 spiro atoms. The van der Waals surface area contributed by atoms with Crippen molar-refractivity contribution in [3.63, 3.8) is 0 Å². The molecule has 0 unspecified atom stereocenters. The Balaban J connectivity index is 0.000000218. The van der Waals surface area contributed by atoms with Crippen LogP contribution in [0.25, 0.3) is 44.9 Å². The summed E-state index contributed by atoms with van der Waals surface area (Å²) in [6.45, 7) is 10.1. The van der Waals surface area contributed by atoms with Crippen LogP contribution in [0.5, 0.6) is 0 Å². The Labute approximate surface area is 469 Å². The number of aromatic nitrogens is 2. The summed E-state index contributed by atoms with van der Waals surface area (Å²) in [5, 5.41) is 22.9. The molecule has 17 heteroatoms. The van der Waals surface area contributed by atoms with E-state index in [0.29, 0.717) is 47.2 Å². The van der Waals surface area contributed by atoms with E-state index in [1.807, 2.05) is 147 Å². The molecule has 0 aliphatic carbocycles. The standard InChI is InChI=1S/C30H29N3O5.C30H28N3O4.Na.H2O/c1-19-27(31-30(36)37-20(2)21-6-4-3-5-7-21)28(38-32-19)24-10-8-22(9-11-24)23-12-14-26(15-13-23)33-17-16-25(18-33)29(34)35;1-20-28(31-30(35)36-21(2)23-6-4-3-5-7-23)29(37-32-20)26-10-8-24(9-11-26)25-12-14-27(15-13-25)33-17-16-22(18-33)19-34;;/h3-15,20,25H,16-18H2,1-2H3,(H,31,36)(H,34,35);3-15,21-22H,16-18H2,1-2H3,(H,31,35);;1H2/q;-1;+1;/p-1/t20-,25+;21-,22+;;/m11../s1. The zero-order valence-electron chi connectivity index (χ0n) is 43.5. The number of hydrogen-bond acceptors (Lipinski definition) is 13. The maximum absolute atomic E-state index is 12.6. The average Bonchev–Trinajstić information content (AvgIpc) is 4.28. The minimum absolute atomic E-state index is 0. The maximum atomic E-state index is 12.6. The molecule has 77 heavy (non-hydrogen) atoms. The van der Waals surface area contributed by atoms with Crippen molar-refractivity contribution in [1.82, 2.24) is 10.3 Å². The van der Waals surface area contributed by atoms with Crippen molar-refractivity contribution in [2.75, 3.05) is 46.6 Å². The number of carboxylic acids is 1. The Hall–Kier alpha value is -8.02. The summed E-state index contributed by atoms with van der Waals surface area (Å²) in [6.07, 6.45) is 1.68. The molecule has 4 heterocycles. The predicted molar refractivity (Wildman–Crippen MR) is 290 cm³/mol. The average molecular weight is 1050 g/mol. The van der Waals surface area contributed by atoms with Gasteiger partial charge < -0.3 is 43.7 Å². The topological polar surface area (TPSA) is 220 Å². The van der Waals surface area contributed by atoms with Gasteiger partial charge in [0.25, 0.3) is 0 Å². The van der Waals surface area contributed by atoms with E-state index < -0.39 is 30.4 Å². The number of carboxylic acid groups (broad SMARTS) is 1. The van der Waals surface area contributed by atoms with Gasteiger partial charge >= 0.3 is 47.7 Å². The van der Waals surface area contributed by atoms with Gasteiger partial charge in [-0.2, -0.15) is 0 Å². The first-order valence-electron chi connectivity index (χ1n) is 24.9. The van der Waals surface area contributed by atoms with Crippen LogP contribution in [0.2, 0.25) is 0 Å². The first kappa shape index (κ1) is 56.7. The number of amides is 2. The van der Waals surface area contributed by atoms with Gasteiger partial charge in [0.1, 0.15) is 35.0 Å². The second-order valence-electron chi connectivity index (χ2n) is 18.7. The van der Waals surface area contributed by atoms with Crippen molar-refractivity contribution in [3.05, 3.63) is 180 Å². The molecule has 2 saturated heterocycles. The fourth-order valence-electron chi connectivity index (χ4n) is 9.24. The Bertz CT molecular complexity index is 3230. The van der Waals surface area contributed by atoms with Gasteiger partial charge in [-0.15, -0.1) is 5.92 Å². The Morgan fingerprint density at radius 1 is 0.571 bits per heavy atom. The van der Waals surface area contributed by atoms with Crippen LogP contribution < -0.4 is 50.0 Å². The molecule has 4 N–H and O–H groups in total. The first-order valence-corrected chi connectivity index (χ1v) is 24.9. The molecule has 6 aromatic carbocycles. The molecule has 8 aromatic rings. The molecule has 2 fully saturated rings. The normalized spacial score (nSPS) is 15.4. The number of nitrogens with one attached hydrogen (secondary N) is 2. The van der Waals surface area contributed by atoms with Gasteiger partial charge in [0.2, 0.25) is 0 Å². The van der Waals surface area contributed by atoms with Gasteiger partial charge in [-0.3, -0.25) is 21.7 Å². The molecule has 390 valence electrons. The van der Waals surface area contributed by atoms with Crippen LogP contribution in [0.3, 0.4) is 0 Å². The van der Waals surface area contributed by atoms with Crippen molar-refractivity contribution >= 4 is 47.2 Å². The molecule has 4 atom stereocenters. The number of carbonyl (C=O) groups excluding carboxylic acids is 3. The summed E-state index contributed by atoms with van der Waals surface area (Å²) in [5.74, 6) is -0.117. The Kier molecular flexibility index (Phi) is 19.3. The van der Waals surface area contributed by atoms with Crippen LogP contribution in [0.15, 0.2) is 167 Å². The molecular weight excluding hydrogens is 988 g/mol. The Morgan fingerprint density at radius 3 is 1.30 bits per heavy atom. The van der Waals surface area contributed by atoms with Gasteiger partial charge in [0, 0.05) is 42.1 Å². The number of hydrogen-bond donors (Lipinski definition) is 3. The molecule has 2 aliphatic heterocycles. The van der Waals surface area contributed by atoms with Gasteiger partial charge in [-0.1, -0.05) is 150 Å².